The fraction of sp³-hybridized carbons (Fsp3) is 0.480. The average Bonchev–Trinajstić information content (AvgIpc) is 3.02. The van der Waals surface area contributed by atoms with Gasteiger partial charge in [-0.05, 0) is 61.8 Å². The summed E-state index contributed by atoms with van der Waals surface area (Å²) in [5, 5.41) is 0. The molecule has 1 aliphatic rings. The third-order valence-electron chi connectivity index (χ3n) is 5.52. The fourth-order valence-electron chi connectivity index (χ4n) is 4.39. The molecule has 0 N–H and O–H groups in total. The Bertz CT molecular complexity index is 780. The lowest BCUT2D eigenvalue weighted by molar-refractivity contribution is 0.816. The van der Waals surface area contributed by atoms with Crippen molar-refractivity contribution in [3.63, 3.8) is 0 Å². The molecule has 1 aliphatic heterocycles. The Morgan fingerprint density at radius 1 is 0.667 bits per heavy atom. The van der Waals surface area contributed by atoms with Crippen molar-refractivity contribution >= 4 is 11.4 Å². The summed E-state index contributed by atoms with van der Waals surface area (Å²) < 4.78 is 0. The standard InChI is InChI=1S/C25H34N2/c1-16(2)22-13-19(6)14-23(17(3)4)25(22)27-10-9-26(15-27)24-20(7)11-18(5)12-21(24)8/h11-14,16-17H,9-10H2,1-8H3. The molecule has 0 spiro atoms. The van der Waals surface area contributed by atoms with E-state index < -0.39 is 0 Å². The summed E-state index contributed by atoms with van der Waals surface area (Å²) in [5.74, 6) is 0.993. The molecule has 2 nitrogen and oxygen atoms in total. The zero-order valence-electron chi connectivity index (χ0n) is 18.3. The molecule has 0 amide bonds. The van der Waals surface area contributed by atoms with E-state index in [0.717, 1.165) is 13.1 Å². The van der Waals surface area contributed by atoms with Gasteiger partial charge in [0.1, 0.15) is 0 Å². The molecule has 2 heteroatoms. The van der Waals surface area contributed by atoms with Crippen LogP contribution in [0, 0.1) is 34.4 Å². The van der Waals surface area contributed by atoms with Crippen molar-refractivity contribution in [3.05, 3.63) is 64.3 Å². The molecule has 27 heavy (non-hydrogen) atoms. The van der Waals surface area contributed by atoms with Crippen LogP contribution in [0.5, 0.6) is 0 Å². The molecule has 1 heterocycles. The van der Waals surface area contributed by atoms with Crippen molar-refractivity contribution in [3.8, 4) is 0 Å². The minimum absolute atomic E-state index is 0.496. The lowest BCUT2D eigenvalue weighted by Crippen LogP contribution is -2.22. The lowest BCUT2D eigenvalue weighted by atomic mass is 9.90. The molecule has 0 atom stereocenters. The van der Waals surface area contributed by atoms with Gasteiger partial charge in [-0.15, -0.1) is 0 Å². The maximum Gasteiger partial charge on any atom is 0.208 e. The van der Waals surface area contributed by atoms with Gasteiger partial charge in [-0.3, -0.25) is 0 Å². The largest absolute Gasteiger partial charge is 0.339 e. The summed E-state index contributed by atoms with van der Waals surface area (Å²) in [6.45, 7) is 23.7. The molecule has 0 saturated carbocycles. The van der Waals surface area contributed by atoms with Crippen molar-refractivity contribution in [2.45, 2.75) is 67.2 Å². The minimum Gasteiger partial charge on any atom is -0.339 e. The van der Waals surface area contributed by atoms with Crippen molar-refractivity contribution in [1.29, 1.82) is 0 Å². The molecule has 0 aliphatic carbocycles. The smallest absolute Gasteiger partial charge is 0.208 e. The maximum absolute atomic E-state index is 3.70. The van der Waals surface area contributed by atoms with Crippen LogP contribution in [0.1, 0.15) is 72.9 Å². The van der Waals surface area contributed by atoms with E-state index in [1.807, 2.05) is 0 Å². The second kappa shape index (κ2) is 7.58. The highest BCUT2D eigenvalue weighted by atomic mass is 15.4. The normalized spacial score (nSPS) is 14.7. The Morgan fingerprint density at radius 3 is 1.52 bits per heavy atom. The van der Waals surface area contributed by atoms with Crippen LogP contribution in [0.25, 0.3) is 0 Å². The predicted molar refractivity (Wildman–Crippen MR) is 118 cm³/mol. The van der Waals surface area contributed by atoms with Crippen molar-refractivity contribution in [1.82, 2.24) is 0 Å². The predicted octanol–water partition coefficient (Wildman–Crippen LogP) is 6.49. The van der Waals surface area contributed by atoms with E-state index in [4.69, 9.17) is 0 Å². The number of aryl methyl sites for hydroxylation is 4. The Kier molecular flexibility index (Phi) is 5.55. The molecule has 2 aromatic rings. The molecule has 144 valence electrons. The highest BCUT2D eigenvalue weighted by Crippen LogP contribution is 2.40. The Labute approximate surface area is 166 Å². The first-order chi connectivity index (χ1) is 12.7. The van der Waals surface area contributed by atoms with Crippen molar-refractivity contribution in [2.75, 3.05) is 22.9 Å². The van der Waals surface area contributed by atoms with E-state index in [1.54, 1.807) is 0 Å². The first kappa shape index (κ1) is 19.8. The monoisotopic (exact) mass is 362 g/mol. The van der Waals surface area contributed by atoms with E-state index in [0.29, 0.717) is 11.8 Å². The Balaban J connectivity index is 2.01. The number of rotatable bonds is 4. The Hall–Kier alpha value is -1.96. The van der Waals surface area contributed by atoms with Gasteiger partial charge in [-0.2, -0.15) is 0 Å². The van der Waals surface area contributed by atoms with Crippen LogP contribution in [0.4, 0.5) is 11.4 Å². The van der Waals surface area contributed by atoms with Gasteiger partial charge in [0.05, 0.1) is 0 Å². The van der Waals surface area contributed by atoms with E-state index in [1.165, 1.54) is 44.8 Å². The number of benzene rings is 2. The number of anilines is 2. The average molecular weight is 363 g/mol. The van der Waals surface area contributed by atoms with E-state index in [-0.39, 0.29) is 0 Å². The number of nitrogens with zero attached hydrogens (tertiary/aromatic N) is 2. The summed E-state index contributed by atoms with van der Waals surface area (Å²) in [7, 11) is 0. The van der Waals surface area contributed by atoms with Gasteiger partial charge in [-0.25, -0.2) is 0 Å². The highest BCUT2D eigenvalue weighted by Gasteiger charge is 2.29. The molecule has 2 aromatic carbocycles. The van der Waals surface area contributed by atoms with Crippen LogP contribution in [-0.2, 0) is 0 Å². The summed E-state index contributed by atoms with van der Waals surface area (Å²) in [6.07, 6.45) is 0. The molecule has 1 saturated heterocycles. The SMILES string of the molecule is Cc1cc(C)c(N2[C]N(c3c(C(C)C)cc(C)cc3C(C)C)CC2)c(C)c1. The first-order valence-electron chi connectivity index (χ1n) is 10.2. The van der Waals surface area contributed by atoms with E-state index >= 15 is 0 Å². The Morgan fingerprint density at radius 2 is 1.07 bits per heavy atom. The third-order valence-corrected chi connectivity index (χ3v) is 5.52. The highest BCUT2D eigenvalue weighted by molar-refractivity contribution is 5.70. The lowest BCUT2D eigenvalue weighted by Gasteiger charge is -2.28. The minimum atomic E-state index is 0.496. The van der Waals surface area contributed by atoms with E-state index in [9.17, 15) is 0 Å². The van der Waals surface area contributed by atoms with Crippen molar-refractivity contribution < 1.29 is 0 Å². The number of hydrogen-bond acceptors (Lipinski definition) is 2. The quantitative estimate of drug-likeness (QED) is 0.613. The summed E-state index contributed by atoms with van der Waals surface area (Å²) in [6, 6.07) is 9.27. The second-order valence-corrected chi connectivity index (χ2v) is 8.75. The van der Waals surface area contributed by atoms with Gasteiger partial charge in [0.2, 0.25) is 6.67 Å². The molecule has 3 rings (SSSR count). The molecular weight excluding hydrogens is 328 g/mol. The molecule has 2 radical (unpaired) electrons. The van der Waals surface area contributed by atoms with Crippen LogP contribution in [0.2, 0.25) is 0 Å². The first-order valence-corrected chi connectivity index (χ1v) is 10.2. The fourth-order valence-corrected chi connectivity index (χ4v) is 4.39. The number of hydrogen-bond donors (Lipinski definition) is 0. The summed E-state index contributed by atoms with van der Waals surface area (Å²) in [4.78, 5) is 4.68. The van der Waals surface area contributed by atoms with Crippen LogP contribution in [0.3, 0.4) is 0 Å². The van der Waals surface area contributed by atoms with E-state index in [2.05, 4.69) is 96.1 Å². The molecule has 0 aromatic heterocycles. The second-order valence-electron chi connectivity index (χ2n) is 8.75. The van der Waals surface area contributed by atoms with Crippen LogP contribution >= 0.6 is 0 Å². The van der Waals surface area contributed by atoms with Crippen LogP contribution in [0.15, 0.2) is 24.3 Å². The van der Waals surface area contributed by atoms with Gasteiger partial charge in [0.15, 0.2) is 0 Å². The molecule has 1 fully saturated rings. The maximum atomic E-state index is 3.70. The van der Waals surface area contributed by atoms with Crippen molar-refractivity contribution in [2.24, 2.45) is 0 Å². The summed E-state index contributed by atoms with van der Waals surface area (Å²) >= 11 is 0. The zero-order valence-corrected chi connectivity index (χ0v) is 18.3. The molecule has 0 bridgehead atoms. The topological polar surface area (TPSA) is 6.48 Å². The van der Waals surface area contributed by atoms with Gasteiger partial charge in [0, 0.05) is 24.5 Å². The van der Waals surface area contributed by atoms with Gasteiger partial charge < -0.3 is 9.80 Å². The van der Waals surface area contributed by atoms with Crippen LogP contribution < -0.4 is 9.80 Å². The van der Waals surface area contributed by atoms with Gasteiger partial charge in [0.25, 0.3) is 0 Å². The van der Waals surface area contributed by atoms with Gasteiger partial charge >= 0.3 is 0 Å². The zero-order chi connectivity index (χ0) is 19.9. The molecular formula is C25H34N2. The summed E-state index contributed by atoms with van der Waals surface area (Å²) in [5.41, 5.74) is 10.9. The van der Waals surface area contributed by atoms with Crippen LogP contribution in [-0.4, -0.2) is 13.1 Å². The molecule has 0 unspecified atom stereocenters. The third kappa shape index (κ3) is 3.85. The van der Waals surface area contributed by atoms with Gasteiger partial charge in [-0.1, -0.05) is 63.1 Å².